The Labute approximate surface area is 123 Å². The first-order chi connectivity index (χ1) is 8.61. The molecule has 1 nitrogen and oxygen atoms in total. The Morgan fingerprint density at radius 2 is 1.94 bits per heavy atom. The van der Waals surface area contributed by atoms with Crippen LogP contribution in [0.25, 0.3) is 0 Å². The summed E-state index contributed by atoms with van der Waals surface area (Å²) >= 11 is 9.90. The normalized spacial score (nSPS) is 26.0. The van der Waals surface area contributed by atoms with Crippen LogP contribution in [0.3, 0.4) is 0 Å². The molecule has 18 heavy (non-hydrogen) atoms. The zero-order chi connectivity index (χ0) is 13.1. The number of hydrogen-bond acceptors (Lipinski definition) is 1. The van der Waals surface area contributed by atoms with Crippen LogP contribution in [-0.4, -0.2) is 7.05 Å². The Kier molecular flexibility index (Phi) is 5.11. The van der Waals surface area contributed by atoms with Crippen LogP contribution in [0.2, 0.25) is 5.02 Å². The van der Waals surface area contributed by atoms with Crippen LogP contribution in [-0.2, 0) is 0 Å². The molecule has 1 N–H and O–H groups in total. The van der Waals surface area contributed by atoms with Gasteiger partial charge in [0, 0.05) is 15.5 Å². The zero-order valence-electron chi connectivity index (χ0n) is 11.0. The molecular formula is C15H21BrClN. The van der Waals surface area contributed by atoms with Crippen molar-refractivity contribution in [3.8, 4) is 0 Å². The average molecular weight is 331 g/mol. The van der Waals surface area contributed by atoms with Crippen molar-refractivity contribution < 1.29 is 0 Å². The van der Waals surface area contributed by atoms with Gasteiger partial charge in [0.2, 0.25) is 0 Å². The number of nitrogens with one attached hydrogen (secondary N) is 1. The summed E-state index contributed by atoms with van der Waals surface area (Å²) in [4.78, 5) is 0. The minimum Gasteiger partial charge on any atom is -0.313 e. The van der Waals surface area contributed by atoms with Crippen LogP contribution in [0.15, 0.2) is 22.7 Å². The van der Waals surface area contributed by atoms with Crippen molar-refractivity contribution in [3.05, 3.63) is 33.3 Å². The van der Waals surface area contributed by atoms with Gasteiger partial charge in [0.05, 0.1) is 0 Å². The van der Waals surface area contributed by atoms with Crippen molar-refractivity contribution in [2.24, 2.45) is 11.8 Å². The van der Waals surface area contributed by atoms with Crippen LogP contribution in [0.1, 0.15) is 44.2 Å². The summed E-state index contributed by atoms with van der Waals surface area (Å²) in [5.41, 5.74) is 1.23. The zero-order valence-corrected chi connectivity index (χ0v) is 13.4. The third-order valence-corrected chi connectivity index (χ3v) is 4.97. The molecule has 1 fully saturated rings. The van der Waals surface area contributed by atoms with Crippen LogP contribution in [0.5, 0.6) is 0 Å². The summed E-state index contributed by atoms with van der Waals surface area (Å²) in [5, 5.41) is 4.34. The molecule has 0 aromatic heterocycles. The van der Waals surface area contributed by atoms with Crippen molar-refractivity contribution in [1.82, 2.24) is 5.32 Å². The molecule has 0 heterocycles. The van der Waals surface area contributed by atoms with Crippen LogP contribution >= 0.6 is 27.5 Å². The summed E-state index contributed by atoms with van der Waals surface area (Å²) in [6.45, 7) is 2.36. The fourth-order valence-corrected chi connectivity index (χ4v) is 3.63. The van der Waals surface area contributed by atoms with E-state index in [1.165, 1.54) is 31.2 Å². The van der Waals surface area contributed by atoms with Gasteiger partial charge >= 0.3 is 0 Å². The molecule has 1 aromatic rings. The third-order valence-electron chi connectivity index (χ3n) is 4.14. The van der Waals surface area contributed by atoms with Crippen LogP contribution in [0.4, 0.5) is 0 Å². The Morgan fingerprint density at radius 1 is 1.28 bits per heavy atom. The van der Waals surface area contributed by atoms with Crippen LogP contribution < -0.4 is 5.32 Å². The standard InChI is InChI=1S/C15H21BrClN/c1-10-3-5-11(6-4-10)15(18-2)13-9-12(16)7-8-14(13)17/h7-11,15,18H,3-6H2,1-2H3. The molecule has 1 saturated carbocycles. The van der Waals surface area contributed by atoms with E-state index in [-0.39, 0.29) is 0 Å². The highest BCUT2D eigenvalue weighted by Gasteiger charge is 2.27. The van der Waals surface area contributed by atoms with Crippen molar-refractivity contribution in [3.63, 3.8) is 0 Å². The van der Waals surface area contributed by atoms with E-state index in [1.807, 2.05) is 19.2 Å². The maximum atomic E-state index is 6.36. The third kappa shape index (κ3) is 3.28. The van der Waals surface area contributed by atoms with E-state index < -0.39 is 0 Å². The van der Waals surface area contributed by atoms with Gasteiger partial charge in [-0.3, -0.25) is 0 Å². The Balaban J connectivity index is 2.19. The maximum Gasteiger partial charge on any atom is 0.0454 e. The van der Waals surface area contributed by atoms with E-state index in [0.29, 0.717) is 12.0 Å². The SMILES string of the molecule is CNC(c1cc(Br)ccc1Cl)C1CCC(C)CC1. The summed E-state index contributed by atoms with van der Waals surface area (Å²) < 4.78 is 1.10. The van der Waals surface area contributed by atoms with E-state index >= 15 is 0 Å². The molecule has 0 saturated heterocycles. The largest absolute Gasteiger partial charge is 0.313 e. The fraction of sp³-hybridized carbons (Fsp3) is 0.600. The summed E-state index contributed by atoms with van der Waals surface area (Å²) in [6.07, 6.45) is 5.29. The minimum atomic E-state index is 0.377. The van der Waals surface area contributed by atoms with Gasteiger partial charge in [-0.2, -0.15) is 0 Å². The lowest BCUT2D eigenvalue weighted by molar-refractivity contribution is 0.238. The predicted molar refractivity (Wildman–Crippen MR) is 82.1 cm³/mol. The van der Waals surface area contributed by atoms with Gasteiger partial charge in [0.15, 0.2) is 0 Å². The molecule has 1 aliphatic rings. The molecule has 0 spiro atoms. The lowest BCUT2D eigenvalue weighted by Gasteiger charge is -2.33. The topological polar surface area (TPSA) is 12.0 Å². The van der Waals surface area contributed by atoms with Gasteiger partial charge in [-0.05, 0) is 55.5 Å². The molecular weight excluding hydrogens is 310 g/mol. The van der Waals surface area contributed by atoms with Gasteiger partial charge in [-0.1, -0.05) is 47.3 Å². The van der Waals surface area contributed by atoms with Gasteiger partial charge in [-0.15, -0.1) is 0 Å². The second kappa shape index (κ2) is 6.40. The fourth-order valence-electron chi connectivity index (χ4n) is 3.02. The van der Waals surface area contributed by atoms with Crippen molar-refractivity contribution in [2.45, 2.75) is 38.6 Å². The number of rotatable bonds is 3. The Bertz CT molecular complexity index is 399. The monoisotopic (exact) mass is 329 g/mol. The first-order valence-electron chi connectivity index (χ1n) is 6.74. The minimum absolute atomic E-state index is 0.377. The molecule has 1 aromatic carbocycles. The van der Waals surface area contributed by atoms with Crippen LogP contribution in [0, 0.1) is 11.8 Å². The molecule has 0 radical (unpaired) electrons. The van der Waals surface area contributed by atoms with Gasteiger partial charge in [0.1, 0.15) is 0 Å². The summed E-state index contributed by atoms with van der Waals surface area (Å²) in [7, 11) is 2.04. The number of halogens is 2. The lowest BCUT2D eigenvalue weighted by atomic mass is 9.77. The lowest BCUT2D eigenvalue weighted by Crippen LogP contribution is -2.28. The van der Waals surface area contributed by atoms with Crippen molar-refractivity contribution in [2.75, 3.05) is 7.05 Å². The van der Waals surface area contributed by atoms with E-state index in [9.17, 15) is 0 Å². The molecule has 1 unspecified atom stereocenters. The van der Waals surface area contributed by atoms with Gasteiger partial charge < -0.3 is 5.32 Å². The summed E-state index contributed by atoms with van der Waals surface area (Å²) in [5.74, 6) is 1.59. The molecule has 2 rings (SSSR count). The van der Waals surface area contributed by atoms with Gasteiger partial charge in [0.25, 0.3) is 0 Å². The summed E-state index contributed by atoms with van der Waals surface area (Å²) in [6, 6.07) is 6.52. The molecule has 1 aliphatic carbocycles. The molecule has 0 aliphatic heterocycles. The average Bonchev–Trinajstić information content (AvgIpc) is 2.37. The van der Waals surface area contributed by atoms with Gasteiger partial charge in [-0.25, -0.2) is 0 Å². The highest BCUT2D eigenvalue weighted by atomic mass is 79.9. The predicted octanol–water partition coefficient (Wildman–Crippen LogP) is 5.19. The highest BCUT2D eigenvalue weighted by molar-refractivity contribution is 9.10. The van der Waals surface area contributed by atoms with Crippen molar-refractivity contribution in [1.29, 1.82) is 0 Å². The maximum absolute atomic E-state index is 6.36. The van der Waals surface area contributed by atoms with Crippen molar-refractivity contribution >= 4 is 27.5 Å². The smallest absolute Gasteiger partial charge is 0.0454 e. The quantitative estimate of drug-likeness (QED) is 0.804. The molecule has 0 amide bonds. The van der Waals surface area contributed by atoms with E-state index in [4.69, 9.17) is 11.6 Å². The second-order valence-electron chi connectivity index (χ2n) is 5.45. The Morgan fingerprint density at radius 3 is 2.56 bits per heavy atom. The number of benzene rings is 1. The molecule has 100 valence electrons. The highest BCUT2D eigenvalue weighted by Crippen LogP contribution is 2.39. The van der Waals surface area contributed by atoms with E-state index in [1.54, 1.807) is 0 Å². The molecule has 3 heteroatoms. The first-order valence-corrected chi connectivity index (χ1v) is 7.91. The molecule has 0 bridgehead atoms. The van der Waals surface area contributed by atoms with E-state index in [2.05, 4.69) is 34.2 Å². The van der Waals surface area contributed by atoms with E-state index in [0.717, 1.165) is 15.4 Å². The number of hydrogen-bond donors (Lipinski definition) is 1. The molecule has 1 atom stereocenters. The Hall–Kier alpha value is -0.0500. The first kappa shape index (κ1) is 14.4. The second-order valence-corrected chi connectivity index (χ2v) is 6.78.